The number of fused-ring (bicyclic) bond motifs is 1. The summed E-state index contributed by atoms with van der Waals surface area (Å²) in [4.78, 5) is 58.2. The van der Waals surface area contributed by atoms with Crippen LogP contribution in [0.2, 0.25) is 0 Å². The summed E-state index contributed by atoms with van der Waals surface area (Å²) in [6, 6.07) is 8.16. The largest absolute Gasteiger partial charge is 0.459 e. The van der Waals surface area contributed by atoms with Gasteiger partial charge in [-0.1, -0.05) is 13.0 Å². The number of rotatable bonds is 16. The molecule has 1 saturated heterocycles. The first-order valence-electron chi connectivity index (χ1n) is 18.2. The van der Waals surface area contributed by atoms with E-state index in [9.17, 15) is 19.2 Å². The van der Waals surface area contributed by atoms with E-state index in [1.807, 2.05) is 25.1 Å². The molecule has 15 heteroatoms. The number of carbonyl (C=O) groups excluding carboxylic acids is 1. The van der Waals surface area contributed by atoms with Crippen LogP contribution in [0.25, 0.3) is 10.9 Å². The fourth-order valence-electron chi connectivity index (χ4n) is 6.83. The van der Waals surface area contributed by atoms with Crippen molar-refractivity contribution in [2.45, 2.75) is 58.5 Å². The zero-order valence-electron chi connectivity index (χ0n) is 30.1. The number of nitrogens with one attached hydrogen (secondary N) is 2. The van der Waals surface area contributed by atoms with Crippen LogP contribution in [0, 0.1) is 18.6 Å². The predicted octanol–water partition coefficient (Wildman–Crippen LogP) is 3.85. The molecule has 2 aromatic carbocycles. The van der Waals surface area contributed by atoms with Crippen molar-refractivity contribution in [3.63, 3.8) is 0 Å². The van der Waals surface area contributed by atoms with E-state index >= 15 is 8.78 Å². The van der Waals surface area contributed by atoms with Crippen molar-refractivity contribution in [2.24, 2.45) is 0 Å². The lowest BCUT2D eigenvalue weighted by Crippen LogP contribution is -2.47. The summed E-state index contributed by atoms with van der Waals surface area (Å²) in [6.07, 6.45) is 4.94. The third-order valence-corrected chi connectivity index (χ3v) is 9.86. The third-order valence-electron chi connectivity index (χ3n) is 9.86. The second-order valence-corrected chi connectivity index (χ2v) is 13.5. The lowest BCUT2D eigenvalue weighted by molar-refractivity contribution is 0.0256. The van der Waals surface area contributed by atoms with Gasteiger partial charge in [0.05, 0.1) is 30.7 Å². The molecule has 3 N–H and O–H groups in total. The summed E-state index contributed by atoms with van der Waals surface area (Å²) in [6.45, 7) is 6.61. The molecule has 13 nitrogen and oxygen atoms in total. The summed E-state index contributed by atoms with van der Waals surface area (Å²) < 4.78 is 44.9. The first kappa shape index (κ1) is 37.9. The van der Waals surface area contributed by atoms with E-state index in [4.69, 9.17) is 14.6 Å². The number of hydrogen-bond acceptors (Lipinski definition) is 10. The summed E-state index contributed by atoms with van der Waals surface area (Å²) in [5, 5.41) is 11.7. The Kier molecular flexibility index (Phi) is 12.1. The zero-order valence-corrected chi connectivity index (χ0v) is 30.1. The maximum atomic E-state index is 16.3. The predicted molar refractivity (Wildman–Crippen MR) is 198 cm³/mol. The smallest absolute Gasteiger partial charge is 0.343 e. The van der Waals surface area contributed by atoms with Gasteiger partial charge in [0, 0.05) is 56.7 Å². The summed E-state index contributed by atoms with van der Waals surface area (Å²) in [5.74, 6) is -2.30. The Labute approximate surface area is 304 Å². The van der Waals surface area contributed by atoms with Crippen molar-refractivity contribution >= 4 is 34.1 Å². The number of aryl methyl sites for hydroxylation is 2. The molecule has 0 radical (unpaired) electrons. The number of aliphatic hydroxyl groups excluding tert-OH is 1. The Morgan fingerprint density at radius 2 is 1.75 bits per heavy atom. The van der Waals surface area contributed by atoms with Crippen molar-refractivity contribution < 1.29 is 28.2 Å². The number of nitrogens with zero attached hydrogens (tertiary/aromatic N) is 4. The number of anilines is 3. The van der Waals surface area contributed by atoms with Crippen molar-refractivity contribution in [1.82, 2.24) is 19.0 Å². The van der Waals surface area contributed by atoms with E-state index in [1.54, 1.807) is 9.47 Å². The number of piperazine rings is 1. The molecule has 0 unspecified atom stereocenters. The van der Waals surface area contributed by atoms with E-state index in [0.29, 0.717) is 51.4 Å². The molecule has 3 heterocycles. The molecule has 4 aromatic rings. The number of aromatic amines is 1. The summed E-state index contributed by atoms with van der Waals surface area (Å²) in [7, 11) is 0. The van der Waals surface area contributed by atoms with Gasteiger partial charge in [0.15, 0.2) is 5.82 Å². The number of benzene rings is 2. The highest BCUT2D eigenvalue weighted by atomic mass is 19.1. The van der Waals surface area contributed by atoms with Crippen LogP contribution in [0.5, 0.6) is 0 Å². The van der Waals surface area contributed by atoms with E-state index in [0.717, 1.165) is 31.0 Å². The van der Waals surface area contributed by atoms with E-state index in [2.05, 4.69) is 22.1 Å². The number of pyridine rings is 1. The van der Waals surface area contributed by atoms with Crippen molar-refractivity contribution in [1.29, 1.82) is 0 Å². The molecule has 284 valence electrons. The number of ether oxygens (including phenoxy) is 2. The highest BCUT2D eigenvalue weighted by Gasteiger charge is 2.32. The number of hydrogen-bond donors (Lipinski definition) is 3. The number of esters is 1. The van der Waals surface area contributed by atoms with Crippen LogP contribution in [0.4, 0.5) is 26.0 Å². The van der Waals surface area contributed by atoms with Crippen LogP contribution in [-0.2, 0) is 22.4 Å². The van der Waals surface area contributed by atoms with E-state index in [-0.39, 0.29) is 61.2 Å². The molecular formula is C38H46F2N6O7. The molecule has 53 heavy (non-hydrogen) atoms. The van der Waals surface area contributed by atoms with Gasteiger partial charge in [0.2, 0.25) is 5.43 Å². The van der Waals surface area contributed by atoms with E-state index in [1.165, 1.54) is 28.0 Å². The molecular weight excluding hydrogens is 690 g/mol. The van der Waals surface area contributed by atoms with Gasteiger partial charge in [-0.25, -0.2) is 18.4 Å². The number of aliphatic hydroxyl groups is 1. The van der Waals surface area contributed by atoms with Crippen LogP contribution >= 0.6 is 0 Å². The third kappa shape index (κ3) is 8.69. The second kappa shape index (κ2) is 16.9. The fourth-order valence-corrected chi connectivity index (χ4v) is 6.83. The SMILES string of the molecule is CCc1cc(Nc2cc(=O)n(CCCCN3CCN(c4c(F)cc5c(=O)c(C(=O)OCCOCCO)cn(C6CC6)c5c4F)CC3)c(=O)[nH]2)ccc1C. The molecule has 0 spiro atoms. The number of H-pyrrole nitrogens is 1. The Morgan fingerprint density at radius 1 is 1.00 bits per heavy atom. The van der Waals surface area contributed by atoms with Crippen molar-refractivity contribution in [2.75, 3.05) is 69.4 Å². The van der Waals surface area contributed by atoms with Crippen LogP contribution in [0.15, 0.2) is 50.9 Å². The highest BCUT2D eigenvalue weighted by molar-refractivity contribution is 5.95. The Morgan fingerprint density at radius 3 is 2.45 bits per heavy atom. The number of halogens is 2. The average molecular weight is 737 g/mol. The van der Waals surface area contributed by atoms with Crippen LogP contribution < -0.4 is 26.9 Å². The molecule has 1 aliphatic heterocycles. The molecule has 6 rings (SSSR count). The van der Waals surface area contributed by atoms with Gasteiger partial charge in [-0.2, -0.15) is 0 Å². The fraction of sp³-hybridized carbons (Fsp3) is 0.474. The summed E-state index contributed by atoms with van der Waals surface area (Å²) in [5.41, 5.74) is 0.912. The van der Waals surface area contributed by atoms with Gasteiger partial charge in [-0.3, -0.25) is 24.0 Å². The van der Waals surface area contributed by atoms with Crippen molar-refractivity contribution in [3.8, 4) is 0 Å². The van der Waals surface area contributed by atoms with Gasteiger partial charge in [-0.15, -0.1) is 0 Å². The lowest BCUT2D eigenvalue weighted by atomic mass is 10.1. The topological polar surface area (TPSA) is 151 Å². The normalized spacial score (nSPS) is 14.9. The highest BCUT2D eigenvalue weighted by Crippen LogP contribution is 2.40. The minimum absolute atomic E-state index is 0.0289. The maximum absolute atomic E-state index is 16.3. The Hall–Kier alpha value is -4.86. The maximum Gasteiger partial charge on any atom is 0.343 e. The first-order chi connectivity index (χ1) is 25.6. The first-order valence-corrected chi connectivity index (χ1v) is 18.2. The molecule has 1 aliphatic carbocycles. The van der Waals surface area contributed by atoms with Crippen molar-refractivity contribution in [3.05, 3.63) is 95.9 Å². The summed E-state index contributed by atoms with van der Waals surface area (Å²) >= 11 is 0. The Bertz CT molecular complexity index is 2110. The van der Waals surface area contributed by atoms with Crippen LogP contribution in [0.1, 0.15) is 60.1 Å². The molecule has 0 atom stereocenters. The molecule has 2 fully saturated rings. The van der Waals surface area contributed by atoms with E-state index < -0.39 is 34.3 Å². The minimum Gasteiger partial charge on any atom is -0.459 e. The quantitative estimate of drug-likeness (QED) is 0.114. The second-order valence-electron chi connectivity index (χ2n) is 13.5. The zero-order chi connectivity index (χ0) is 37.6. The molecule has 1 saturated carbocycles. The standard InChI is InChI=1S/C38H46F2N6O7/c1-3-25-20-26(7-6-24(25)2)41-31-22-32(48)45(38(51)42-31)11-5-4-10-43-12-14-44(15-13-43)35-30(39)21-28-34(33(35)40)46(27-8-9-27)23-29(36(28)49)37(50)53-19-18-52-17-16-47/h6-7,20-23,27,41,47H,3-5,8-19H2,1-2H3,(H,42,51). The average Bonchev–Trinajstić information content (AvgIpc) is 3.98. The number of aromatic nitrogens is 3. The van der Waals surface area contributed by atoms with Gasteiger partial charge < -0.3 is 29.4 Å². The van der Waals surface area contributed by atoms with Gasteiger partial charge in [0.1, 0.15) is 29.5 Å². The van der Waals surface area contributed by atoms with Gasteiger partial charge in [0.25, 0.3) is 5.56 Å². The lowest BCUT2D eigenvalue weighted by Gasteiger charge is -2.36. The monoisotopic (exact) mass is 736 g/mol. The van der Waals surface area contributed by atoms with Gasteiger partial charge in [-0.05, 0) is 74.9 Å². The molecule has 2 aliphatic rings. The molecule has 2 aromatic heterocycles. The molecule has 0 bridgehead atoms. The Balaban J connectivity index is 1.05. The molecule has 0 amide bonds. The van der Waals surface area contributed by atoms with Gasteiger partial charge >= 0.3 is 11.7 Å². The number of unbranched alkanes of at least 4 members (excludes halogenated alkanes) is 1. The minimum atomic E-state index is -0.909. The van der Waals surface area contributed by atoms with Crippen LogP contribution in [0.3, 0.4) is 0 Å². The number of carbonyl (C=O) groups is 1. The van der Waals surface area contributed by atoms with Crippen LogP contribution in [-0.4, -0.2) is 89.2 Å².